The molecule has 0 unspecified atom stereocenters. The van der Waals surface area contributed by atoms with Gasteiger partial charge in [0.25, 0.3) is 0 Å². The van der Waals surface area contributed by atoms with Gasteiger partial charge in [-0.2, -0.15) is 4.39 Å². The number of nitro groups is 1. The summed E-state index contributed by atoms with van der Waals surface area (Å²) in [5.74, 6) is -5.09. The summed E-state index contributed by atoms with van der Waals surface area (Å²) in [4.78, 5) is 45.4. The molecule has 0 aliphatic carbocycles. The number of carbonyl (C=O) groups excluding carboxylic acids is 3. The number of esters is 2. The van der Waals surface area contributed by atoms with E-state index in [1.165, 1.54) is 0 Å². The highest BCUT2D eigenvalue weighted by Gasteiger charge is 2.32. The lowest BCUT2D eigenvalue weighted by atomic mass is 9.97. The minimum atomic E-state index is -1.40. The molecule has 1 aromatic rings. The highest BCUT2D eigenvalue weighted by atomic mass is 19.1. The monoisotopic (exact) mass is 370 g/mol. The average Bonchev–Trinajstić information content (AvgIpc) is 2.54. The lowest BCUT2D eigenvalue weighted by Gasteiger charge is -2.17. The molecule has 0 bridgehead atoms. The minimum Gasteiger partial charge on any atom is -0.465 e. The SMILES string of the molecule is CCOC(=O)C(Cc1ccc([N+](=O)[O-])c(F)c1NC(C)=O)C(=O)OCC. The van der Waals surface area contributed by atoms with Crippen molar-refractivity contribution in [1.29, 1.82) is 0 Å². The Hall–Kier alpha value is -3.04. The number of hydrogen-bond donors (Lipinski definition) is 1. The van der Waals surface area contributed by atoms with E-state index in [-0.39, 0.29) is 25.2 Å². The van der Waals surface area contributed by atoms with Gasteiger partial charge in [-0.05, 0) is 31.9 Å². The third-order valence-corrected chi connectivity index (χ3v) is 3.27. The van der Waals surface area contributed by atoms with Crippen molar-refractivity contribution in [1.82, 2.24) is 0 Å². The third-order valence-electron chi connectivity index (χ3n) is 3.27. The third kappa shape index (κ3) is 5.23. The molecule has 0 aliphatic heterocycles. The number of amides is 1. The number of carbonyl (C=O) groups is 3. The summed E-state index contributed by atoms with van der Waals surface area (Å²) >= 11 is 0. The van der Waals surface area contributed by atoms with Crippen LogP contribution in [0.3, 0.4) is 0 Å². The molecule has 0 aromatic heterocycles. The molecule has 0 fully saturated rings. The number of rotatable bonds is 8. The van der Waals surface area contributed by atoms with Crippen LogP contribution in [-0.2, 0) is 30.3 Å². The smallest absolute Gasteiger partial charge is 0.320 e. The van der Waals surface area contributed by atoms with Crippen LogP contribution in [-0.4, -0.2) is 36.0 Å². The lowest BCUT2D eigenvalue weighted by molar-refractivity contribution is -0.387. The van der Waals surface area contributed by atoms with E-state index in [9.17, 15) is 28.9 Å². The quantitative estimate of drug-likeness (QED) is 0.321. The van der Waals surface area contributed by atoms with Gasteiger partial charge in [0.2, 0.25) is 11.7 Å². The van der Waals surface area contributed by atoms with Gasteiger partial charge in [-0.1, -0.05) is 0 Å². The molecule has 0 saturated heterocycles. The molecule has 0 atom stereocenters. The van der Waals surface area contributed by atoms with Crippen LogP contribution in [0.4, 0.5) is 15.8 Å². The predicted molar refractivity (Wildman–Crippen MR) is 87.8 cm³/mol. The summed E-state index contributed by atoms with van der Waals surface area (Å²) in [6, 6.07) is 2.06. The number of ether oxygens (including phenoxy) is 2. The van der Waals surface area contributed by atoms with E-state index in [1.54, 1.807) is 13.8 Å². The first kappa shape index (κ1) is 21.0. The lowest BCUT2D eigenvalue weighted by Crippen LogP contribution is -2.30. The summed E-state index contributed by atoms with van der Waals surface area (Å²) in [7, 11) is 0. The van der Waals surface area contributed by atoms with E-state index < -0.39 is 45.9 Å². The maximum atomic E-state index is 14.4. The largest absolute Gasteiger partial charge is 0.465 e. The molecule has 1 N–H and O–H groups in total. The van der Waals surface area contributed by atoms with Crippen molar-refractivity contribution in [3.05, 3.63) is 33.6 Å². The second-order valence-corrected chi connectivity index (χ2v) is 5.13. The Morgan fingerprint density at radius 1 is 1.19 bits per heavy atom. The van der Waals surface area contributed by atoms with E-state index in [2.05, 4.69) is 5.32 Å². The number of nitrogens with zero attached hydrogens (tertiary/aromatic N) is 1. The van der Waals surface area contributed by atoms with Crippen molar-refractivity contribution in [2.24, 2.45) is 5.92 Å². The van der Waals surface area contributed by atoms with Crippen LogP contribution in [0.5, 0.6) is 0 Å². The van der Waals surface area contributed by atoms with Crippen LogP contribution < -0.4 is 5.32 Å². The molecule has 0 saturated carbocycles. The average molecular weight is 370 g/mol. The fraction of sp³-hybridized carbons (Fsp3) is 0.438. The number of anilines is 1. The van der Waals surface area contributed by atoms with Gasteiger partial charge in [0.15, 0.2) is 5.92 Å². The number of hydrogen-bond acceptors (Lipinski definition) is 7. The topological polar surface area (TPSA) is 125 Å². The molecule has 9 nitrogen and oxygen atoms in total. The fourth-order valence-corrected chi connectivity index (χ4v) is 2.20. The van der Waals surface area contributed by atoms with Crippen molar-refractivity contribution in [3.8, 4) is 0 Å². The van der Waals surface area contributed by atoms with Crippen LogP contribution in [0.25, 0.3) is 0 Å². The highest BCUT2D eigenvalue weighted by molar-refractivity contribution is 5.96. The molecular formula is C16H19FN2O7. The van der Waals surface area contributed by atoms with Crippen molar-refractivity contribution >= 4 is 29.2 Å². The Labute approximate surface area is 148 Å². The van der Waals surface area contributed by atoms with Crippen molar-refractivity contribution in [2.45, 2.75) is 27.2 Å². The molecule has 26 heavy (non-hydrogen) atoms. The zero-order valence-corrected chi connectivity index (χ0v) is 14.5. The number of nitro benzene ring substituents is 1. The van der Waals surface area contributed by atoms with Gasteiger partial charge in [0.1, 0.15) is 0 Å². The van der Waals surface area contributed by atoms with Gasteiger partial charge < -0.3 is 14.8 Å². The Morgan fingerprint density at radius 2 is 1.73 bits per heavy atom. The summed E-state index contributed by atoms with van der Waals surface area (Å²) in [5.41, 5.74) is -1.29. The molecule has 0 aliphatic rings. The van der Waals surface area contributed by atoms with Crippen molar-refractivity contribution < 1.29 is 33.2 Å². The first-order chi connectivity index (χ1) is 12.2. The highest BCUT2D eigenvalue weighted by Crippen LogP contribution is 2.30. The molecule has 142 valence electrons. The van der Waals surface area contributed by atoms with E-state index >= 15 is 0 Å². The second-order valence-electron chi connectivity index (χ2n) is 5.13. The van der Waals surface area contributed by atoms with Crippen molar-refractivity contribution in [3.63, 3.8) is 0 Å². The van der Waals surface area contributed by atoms with E-state index in [4.69, 9.17) is 9.47 Å². The predicted octanol–water partition coefficient (Wildman–Crippen LogP) is 1.98. The number of halogens is 1. The van der Waals surface area contributed by atoms with Crippen LogP contribution in [0.1, 0.15) is 26.3 Å². The van der Waals surface area contributed by atoms with Crippen LogP contribution in [0.2, 0.25) is 0 Å². The zero-order chi connectivity index (χ0) is 19.9. The van der Waals surface area contributed by atoms with Gasteiger partial charge in [-0.3, -0.25) is 24.5 Å². The van der Waals surface area contributed by atoms with E-state index in [0.717, 1.165) is 19.1 Å². The molecule has 1 aromatic carbocycles. The zero-order valence-electron chi connectivity index (χ0n) is 14.5. The van der Waals surface area contributed by atoms with Gasteiger partial charge in [-0.25, -0.2) is 0 Å². The molecule has 0 spiro atoms. The van der Waals surface area contributed by atoms with E-state index in [1.807, 2.05) is 0 Å². The van der Waals surface area contributed by atoms with Gasteiger partial charge in [-0.15, -0.1) is 0 Å². The number of nitrogens with one attached hydrogen (secondary N) is 1. The van der Waals surface area contributed by atoms with E-state index in [0.29, 0.717) is 0 Å². The molecule has 1 rings (SSSR count). The Balaban J connectivity index is 3.34. The summed E-state index contributed by atoms with van der Waals surface area (Å²) < 4.78 is 24.1. The Bertz CT molecular complexity index is 703. The molecular weight excluding hydrogens is 351 g/mol. The molecule has 1 amide bonds. The Morgan fingerprint density at radius 3 is 2.15 bits per heavy atom. The number of benzene rings is 1. The Kier molecular flexibility index (Phi) is 7.63. The summed E-state index contributed by atoms with van der Waals surface area (Å²) in [6.45, 7) is 4.23. The second kappa shape index (κ2) is 9.44. The first-order valence-corrected chi connectivity index (χ1v) is 7.79. The summed E-state index contributed by atoms with van der Waals surface area (Å²) in [6.07, 6.45) is -0.359. The minimum absolute atomic E-state index is 0.0158. The fourth-order valence-electron chi connectivity index (χ4n) is 2.20. The van der Waals surface area contributed by atoms with Crippen LogP contribution in [0, 0.1) is 21.8 Å². The normalized spacial score (nSPS) is 10.3. The molecule has 0 radical (unpaired) electrons. The van der Waals surface area contributed by atoms with Gasteiger partial charge in [0, 0.05) is 13.0 Å². The summed E-state index contributed by atoms with van der Waals surface area (Å²) in [5, 5.41) is 13.0. The maximum Gasteiger partial charge on any atom is 0.320 e. The first-order valence-electron chi connectivity index (χ1n) is 7.79. The standard InChI is InChI=1S/C16H19FN2O7/c1-4-25-15(21)11(16(22)26-5-2)8-10-6-7-12(19(23)24)13(17)14(10)18-9(3)20/h6-7,11H,4-5,8H2,1-3H3,(H,18,20). The van der Waals surface area contributed by atoms with Gasteiger partial charge in [0.05, 0.1) is 23.8 Å². The van der Waals surface area contributed by atoms with Crippen LogP contribution >= 0.6 is 0 Å². The maximum absolute atomic E-state index is 14.4. The van der Waals surface area contributed by atoms with Gasteiger partial charge >= 0.3 is 17.6 Å². The molecule has 10 heteroatoms. The van der Waals surface area contributed by atoms with Crippen molar-refractivity contribution in [2.75, 3.05) is 18.5 Å². The molecule has 0 heterocycles. The van der Waals surface area contributed by atoms with Crippen LogP contribution in [0.15, 0.2) is 12.1 Å².